The fourth-order valence-electron chi connectivity index (χ4n) is 3.62. The molecule has 0 bridgehead atoms. The summed E-state index contributed by atoms with van der Waals surface area (Å²) >= 11 is 3.29. The lowest BCUT2D eigenvalue weighted by Gasteiger charge is -2.34. The van der Waals surface area contributed by atoms with E-state index in [4.69, 9.17) is 0 Å². The smallest absolute Gasteiger partial charge is 0.142 e. The Balaban J connectivity index is 2.08. The predicted molar refractivity (Wildman–Crippen MR) is 86.3 cm³/mol. The topological polar surface area (TPSA) is 12.0 Å². The number of benzene rings is 1. The molecular formula is C17H25BrFN. The quantitative estimate of drug-likeness (QED) is 0.750. The van der Waals surface area contributed by atoms with Gasteiger partial charge in [-0.25, -0.2) is 4.39 Å². The highest BCUT2D eigenvalue weighted by molar-refractivity contribution is 9.10. The van der Waals surface area contributed by atoms with Gasteiger partial charge in [-0.15, -0.1) is 0 Å². The molecule has 0 saturated heterocycles. The van der Waals surface area contributed by atoms with E-state index in [-0.39, 0.29) is 11.9 Å². The van der Waals surface area contributed by atoms with E-state index in [0.29, 0.717) is 10.4 Å². The first kappa shape index (κ1) is 16.0. The average Bonchev–Trinajstić information content (AvgIpc) is 2.46. The molecule has 1 saturated carbocycles. The third-order valence-corrected chi connectivity index (χ3v) is 5.30. The highest BCUT2D eigenvalue weighted by Gasteiger charge is 2.29. The molecule has 0 heterocycles. The summed E-state index contributed by atoms with van der Waals surface area (Å²) in [5.74, 6) is 1.33. The van der Waals surface area contributed by atoms with Crippen LogP contribution in [0.25, 0.3) is 0 Å². The third-order valence-electron chi connectivity index (χ3n) is 4.69. The largest absolute Gasteiger partial charge is 0.313 e. The van der Waals surface area contributed by atoms with Gasteiger partial charge in [0.15, 0.2) is 0 Å². The molecule has 1 atom stereocenters. The van der Waals surface area contributed by atoms with Crippen LogP contribution in [-0.4, -0.2) is 7.05 Å². The van der Waals surface area contributed by atoms with Gasteiger partial charge in [-0.2, -0.15) is 0 Å². The van der Waals surface area contributed by atoms with Crippen molar-refractivity contribution in [2.75, 3.05) is 7.05 Å². The van der Waals surface area contributed by atoms with Crippen LogP contribution in [0, 0.1) is 17.7 Å². The second kappa shape index (κ2) is 7.56. The summed E-state index contributed by atoms with van der Waals surface area (Å²) in [5.41, 5.74) is 0.806. The molecule has 1 fully saturated rings. The van der Waals surface area contributed by atoms with Crippen LogP contribution in [0.3, 0.4) is 0 Å². The molecule has 1 aromatic carbocycles. The van der Waals surface area contributed by atoms with Gasteiger partial charge in [-0.1, -0.05) is 44.7 Å². The Morgan fingerprint density at radius 1 is 1.30 bits per heavy atom. The Labute approximate surface area is 130 Å². The molecule has 0 aliphatic heterocycles. The van der Waals surface area contributed by atoms with Crippen LogP contribution in [0.4, 0.5) is 4.39 Å². The van der Waals surface area contributed by atoms with Crippen LogP contribution < -0.4 is 5.32 Å². The molecule has 1 aliphatic rings. The summed E-state index contributed by atoms with van der Waals surface area (Å²) in [4.78, 5) is 0. The summed E-state index contributed by atoms with van der Waals surface area (Å²) in [6.45, 7) is 2.26. The number of nitrogens with one attached hydrogen (secondary N) is 1. The summed E-state index contributed by atoms with van der Waals surface area (Å²) in [6.07, 6.45) is 7.65. The minimum absolute atomic E-state index is 0.109. The second-order valence-corrected chi connectivity index (χ2v) is 6.83. The van der Waals surface area contributed by atoms with E-state index in [1.165, 1.54) is 38.5 Å². The zero-order chi connectivity index (χ0) is 14.5. The summed E-state index contributed by atoms with van der Waals surface area (Å²) in [6, 6.07) is 5.74. The van der Waals surface area contributed by atoms with Crippen molar-refractivity contribution in [1.29, 1.82) is 0 Å². The summed E-state index contributed by atoms with van der Waals surface area (Å²) in [5, 5.41) is 3.34. The lowest BCUT2D eigenvalue weighted by atomic mass is 9.75. The van der Waals surface area contributed by atoms with Gasteiger partial charge in [0.05, 0.1) is 4.47 Å². The minimum Gasteiger partial charge on any atom is -0.313 e. The van der Waals surface area contributed by atoms with Crippen LogP contribution in [0.2, 0.25) is 0 Å². The number of halogens is 2. The normalized spacial score (nSPS) is 24.6. The molecule has 0 radical (unpaired) electrons. The van der Waals surface area contributed by atoms with Crippen molar-refractivity contribution < 1.29 is 4.39 Å². The van der Waals surface area contributed by atoms with Gasteiger partial charge < -0.3 is 5.32 Å². The molecular weight excluding hydrogens is 317 g/mol. The monoisotopic (exact) mass is 341 g/mol. The molecule has 1 aromatic rings. The van der Waals surface area contributed by atoms with Gasteiger partial charge in [-0.05, 0) is 53.7 Å². The molecule has 1 unspecified atom stereocenters. The highest BCUT2D eigenvalue weighted by atomic mass is 79.9. The number of hydrogen-bond donors (Lipinski definition) is 1. The molecule has 20 heavy (non-hydrogen) atoms. The van der Waals surface area contributed by atoms with E-state index in [9.17, 15) is 4.39 Å². The van der Waals surface area contributed by atoms with Gasteiger partial charge in [0.25, 0.3) is 0 Å². The summed E-state index contributed by atoms with van der Waals surface area (Å²) in [7, 11) is 1.95. The fraction of sp³-hybridized carbons (Fsp3) is 0.647. The Morgan fingerprint density at radius 3 is 2.60 bits per heavy atom. The standard InChI is InChI=1S/C17H25BrFN/c1-3-5-12-8-10-13(11-9-12)17(20-2)14-6-4-7-15(18)16(14)19/h4,6-7,12-13,17,20H,3,5,8-11H2,1-2H3. The van der Waals surface area contributed by atoms with Gasteiger partial charge >= 0.3 is 0 Å². The highest BCUT2D eigenvalue weighted by Crippen LogP contribution is 2.39. The zero-order valence-corrected chi connectivity index (χ0v) is 14.0. The van der Waals surface area contributed by atoms with Crippen molar-refractivity contribution in [3.8, 4) is 0 Å². The summed E-state index contributed by atoms with van der Waals surface area (Å²) < 4.78 is 14.9. The van der Waals surface area contributed by atoms with Crippen LogP contribution in [0.5, 0.6) is 0 Å². The maximum Gasteiger partial charge on any atom is 0.142 e. The molecule has 0 spiro atoms. The van der Waals surface area contributed by atoms with E-state index < -0.39 is 0 Å². The molecule has 0 aromatic heterocycles. The molecule has 112 valence electrons. The lowest BCUT2D eigenvalue weighted by molar-refractivity contribution is 0.217. The van der Waals surface area contributed by atoms with Crippen molar-refractivity contribution in [2.45, 2.75) is 51.5 Å². The van der Waals surface area contributed by atoms with E-state index in [1.54, 1.807) is 6.07 Å². The Morgan fingerprint density at radius 2 is 2.00 bits per heavy atom. The van der Waals surface area contributed by atoms with Crippen molar-refractivity contribution in [1.82, 2.24) is 5.32 Å². The maximum atomic E-state index is 14.3. The first-order valence-corrected chi connectivity index (χ1v) is 8.57. The lowest BCUT2D eigenvalue weighted by Crippen LogP contribution is -2.29. The van der Waals surface area contributed by atoms with Crippen molar-refractivity contribution in [3.05, 3.63) is 34.1 Å². The molecule has 1 nitrogen and oxygen atoms in total. The van der Waals surface area contributed by atoms with Gasteiger partial charge in [0.2, 0.25) is 0 Å². The van der Waals surface area contributed by atoms with Crippen LogP contribution in [-0.2, 0) is 0 Å². The van der Waals surface area contributed by atoms with Gasteiger partial charge in [0.1, 0.15) is 5.82 Å². The van der Waals surface area contributed by atoms with Crippen LogP contribution in [0.1, 0.15) is 57.1 Å². The van der Waals surface area contributed by atoms with E-state index >= 15 is 0 Å². The first-order chi connectivity index (χ1) is 9.67. The molecule has 1 aliphatic carbocycles. The average molecular weight is 342 g/mol. The third kappa shape index (κ3) is 3.62. The Hall–Kier alpha value is -0.410. The first-order valence-electron chi connectivity index (χ1n) is 7.78. The number of rotatable bonds is 5. The van der Waals surface area contributed by atoms with E-state index in [2.05, 4.69) is 28.2 Å². The molecule has 1 N–H and O–H groups in total. The Kier molecular flexibility index (Phi) is 6.03. The van der Waals surface area contributed by atoms with Crippen LogP contribution in [0.15, 0.2) is 22.7 Å². The maximum absolute atomic E-state index is 14.3. The second-order valence-electron chi connectivity index (χ2n) is 5.98. The van der Waals surface area contributed by atoms with Gasteiger partial charge in [0, 0.05) is 11.6 Å². The fourth-order valence-corrected chi connectivity index (χ4v) is 4.01. The van der Waals surface area contributed by atoms with E-state index in [1.807, 2.05) is 19.2 Å². The van der Waals surface area contributed by atoms with Crippen molar-refractivity contribution >= 4 is 15.9 Å². The predicted octanol–water partition coefficient (Wildman–Crippen LogP) is 5.46. The zero-order valence-electron chi connectivity index (χ0n) is 12.5. The number of hydrogen-bond acceptors (Lipinski definition) is 1. The molecule has 2 rings (SSSR count). The van der Waals surface area contributed by atoms with E-state index in [0.717, 1.165) is 11.5 Å². The van der Waals surface area contributed by atoms with Crippen molar-refractivity contribution in [3.63, 3.8) is 0 Å². The molecule has 3 heteroatoms. The van der Waals surface area contributed by atoms with Gasteiger partial charge in [-0.3, -0.25) is 0 Å². The minimum atomic E-state index is -0.109. The van der Waals surface area contributed by atoms with Crippen molar-refractivity contribution in [2.24, 2.45) is 11.8 Å². The van der Waals surface area contributed by atoms with Crippen LogP contribution >= 0.6 is 15.9 Å². The Bertz CT molecular complexity index is 427. The molecule has 0 amide bonds. The SMILES string of the molecule is CCCC1CCC(C(NC)c2cccc(Br)c2F)CC1.